The largest absolute Gasteiger partial charge is 0.481 e. The molecule has 3 atom stereocenters. The molecule has 0 aliphatic carbocycles. The van der Waals surface area contributed by atoms with Crippen molar-refractivity contribution in [1.82, 2.24) is 20.2 Å². The van der Waals surface area contributed by atoms with Gasteiger partial charge >= 0.3 is 0 Å². The number of pyridine rings is 2. The van der Waals surface area contributed by atoms with Gasteiger partial charge in [-0.05, 0) is 31.2 Å². The molecule has 3 N–H and O–H groups in total. The summed E-state index contributed by atoms with van der Waals surface area (Å²) < 4.78 is 20.3. The Labute approximate surface area is 207 Å². The molecule has 2 aliphatic heterocycles. The second kappa shape index (κ2) is 10.4. The van der Waals surface area contributed by atoms with E-state index in [9.17, 15) is 9.90 Å². The first-order chi connectivity index (χ1) is 17.0. The van der Waals surface area contributed by atoms with E-state index in [-0.39, 0.29) is 18.5 Å². The topological polar surface area (TPSA) is 99.6 Å². The van der Waals surface area contributed by atoms with Crippen molar-refractivity contribution >= 4 is 34.4 Å². The van der Waals surface area contributed by atoms with Crippen molar-refractivity contribution in [2.45, 2.75) is 36.2 Å². The normalized spacial score (nSPS) is 21.4. The highest BCUT2D eigenvalue weighted by molar-refractivity contribution is 8.00. The summed E-state index contributed by atoms with van der Waals surface area (Å²) in [5, 5.41) is 17.9. The van der Waals surface area contributed by atoms with Gasteiger partial charge in [0.05, 0.1) is 35.1 Å². The van der Waals surface area contributed by atoms with Gasteiger partial charge in [-0.1, -0.05) is 18.2 Å². The minimum absolute atomic E-state index is 0.0584. The van der Waals surface area contributed by atoms with E-state index in [1.54, 1.807) is 13.2 Å². The number of halogens is 1. The van der Waals surface area contributed by atoms with Gasteiger partial charge in [0.15, 0.2) is 0 Å². The molecular formula is C25H28FN5O3S. The lowest BCUT2D eigenvalue weighted by atomic mass is 10.0. The molecular weight excluding hydrogens is 469 g/mol. The van der Waals surface area contributed by atoms with Crippen LogP contribution in [0.2, 0.25) is 0 Å². The molecule has 4 heterocycles. The number of β-amino-alcohol motifs (C(OH)–C–C–N with tert-alkyl or cyclic N) is 1. The lowest BCUT2D eigenvalue weighted by molar-refractivity contribution is -0.113. The molecule has 0 saturated carbocycles. The third-order valence-corrected chi connectivity index (χ3v) is 7.48. The number of aliphatic hydroxyl groups excluding tert-OH is 1. The average molecular weight is 498 g/mol. The van der Waals surface area contributed by atoms with E-state index in [1.165, 1.54) is 11.8 Å². The number of methoxy groups -OCH3 is 1. The van der Waals surface area contributed by atoms with Crippen LogP contribution in [0.3, 0.4) is 0 Å². The number of rotatable bonds is 7. The van der Waals surface area contributed by atoms with Crippen molar-refractivity contribution in [3.05, 3.63) is 53.7 Å². The number of likely N-dealkylation sites (tertiary alicyclic amines) is 1. The van der Waals surface area contributed by atoms with Crippen LogP contribution in [0, 0.1) is 0 Å². The minimum atomic E-state index is -1.07. The first kappa shape index (κ1) is 23.9. The van der Waals surface area contributed by atoms with Gasteiger partial charge in [-0.3, -0.25) is 9.69 Å². The highest BCUT2D eigenvalue weighted by Gasteiger charge is 2.30. The summed E-state index contributed by atoms with van der Waals surface area (Å²) >= 11 is 1.47. The van der Waals surface area contributed by atoms with E-state index in [4.69, 9.17) is 4.74 Å². The maximum Gasteiger partial charge on any atom is 0.235 e. The maximum atomic E-state index is 15.0. The summed E-state index contributed by atoms with van der Waals surface area (Å²) in [4.78, 5) is 23.5. The van der Waals surface area contributed by atoms with Crippen LogP contribution in [0.4, 0.5) is 10.2 Å². The number of para-hydroxylation sites is 1. The number of aromatic nitrogens is 2. The van der Waals surface area contributed by atoms with E-state index in [0.29, 0.717) is 54.6 Å². The van der Waals surface area contributed by atoms with Crippen molar-refractivity contribution in [3.8, 4) is 5.88 Å². The molecule has 5 rings (SSSR count). The van der Waals surface area contributed by atoms with Crippen LogP contribution in [0.1, 0.15) is 23.8 Å². The summed E-state index contributed by atoms with van der Waals surface area (Å²) in [5.41, 5.74) is 2.16. The molecule has 8 nitrogen and oxygen atoms in total. The first-order valence-electron chi connectivity index (χ1n) is 11.6. The fourth-order valence-corrected chi connectivity index (χ4v) is 5.34. The summed E-state index contributed by atoms with van der Waals surface area (Å²) in [7, 11) is 1.56. The third kappa shape index (κ3) is 5.40. The number of fused-ring (bicyclic) bond motifs is 2. The first-order valence-corrected chi connectivity index (χ1v) is 12.6. The van der Waals surface area contributed by atoms with Crippen molar-refractivity contribution in [3.63, 3.8) is 0 Å². The van der Waals surface area contributed by atoms with E-state index in [1.807, 2.05) is 41.3 Å². The molecule has 184 valence electrons. The number of piperidine rings is 1. The monoisotopic (exact) mass is 497 g/mol. The van der Waals surface area contributed by atoms with Crippen LogP contribution < -0.4 is 15.4 Å². The summed E-state index contributed by atoms with van der Waals surface area (Å²) in [6, 6.07) is 12.9. The molecule has 1 aromatic carbocycles. The number of anilines is 1. The Morgan fingerprint density at radius 3 is 3.00 bits per heavy atom. The van der Waals surface area contributed by atoms with Crippen LogP contribution in [-0.2, 0) is 11.3 Å². The van der Waals surface area contributed by atoms with Crippen molar-refractivity contribution in [2.24, 2.45) is 0 Å². The number of carbonyl (C=O) groups excluding carboxylic acids is 1. The van der Waals surface area contributed by atoms with Gasteiger partial charge in [0, 0.05) is 42.7 Å². The molecule has 0 radical (unpaired) electrons. The van der Waals surface area contributed by atoms with Gasteiger partial charge in [0.1, 0.15) is 12.0 Å². The van der Waals surface area contributed by atoms with Crippen LogP contribution in [0.5, 0.6) is 5.88 Å². The van der Waals surface area contributed by atoms with Crippen LogP contribution in [-0.4, -0.2) is 70.6 Å². The smallest absolute Gasteiger partial charge is 0.235 e. The SMILES string of the molecule is COc1ccc2cccc(C(O)CN3CC[C@@H](NCc4ccc5c(n4)NC(=O)CS5)[C@@H](F)C3)c2n1. The zero-order valence-corrected chi connectivity index (χ0v) is 20.2. The lowest BCUT2D eigenvalue weighted by Crippen LogP contribution is -2.51. The third-order valence-electron chi connectivity index (χ3n) is 6.43. The quantitative estimate of drug-likeness (QED) is 0.458. The molecule has 1 unspecified atom stereocenters. The molecule has 0 bridgehead atoms. The Bertz CT molecular complexity index is 1230. The van der Waals surface area contributed by atoms with E-state index >= 15 is 4.39 Å². The summed E-state index contributed by atoms with van der Waals surface area (Å²) in [6.45, 7) is 1.65. The van der Waals surface area contributed by atoms with Crippen LogP contribution in [0.25, 0.3) is 10.9 Å². The van der Waals surface area contributed by atoms with Gasteiger partial charge < -0.3 is 20.5 Å². The fraction of sp³-hybridized carbons (Fsp3) is 0.400. The van der Waals surface area contributed by atoms with E-state index < -0.39 is 12.3 Å². The van der Waals surface area contributed by atoms with Gasteiger partial charge in [0.25, 0.3) is 0 Å². The maximum absolute atomic E-state index is 15.0. The van der Waals surface area contributed by atoms with E-state index in [0.717, 1.165) is 16.0 Å². The Kier molecular flexibility index (Phi) is 7.14. The second-order valence-corrected chi connectivity index (χ2v) is 9.84. The zero-order chi connectivity index (χ0) is 24.4. The Hall–Kier alpha value is -2.79. The fourth-order valence-electron chi connectivity index (χ4n) is 4.58. The number of amides is 1. The average Bonchev–Trinajstić information content (AvgIpc) is 2.87. The number of nitrogens with one attached hydrogen (secondary N) is 2. The van der Waals surface area contributed by atoms with Gasteiger partial charge in [-0.25, -0.2) is 14.4 Å². The molecule has 2 aromatic heterocycles. The van der Waals surface area contributed by atoms with Crippen molar-refractivity contribution in [2.75, 3.05) is 37.8 Å². The minimum Gasteiger partial charge on any atom is -0.481 e. The molecule has 35 heavy (non-hydrogen) atoms. The number of alkyl halides is 1. The molecule has 10 heteroatoms. The predicted molar refractivity (Wildman–Crippen MR) is 133 cm³/mol. The number of hydrogen-bond donors (Lipinski definition) is 3. The Morgan fingerprint density at radius 2 is 2.17 bits per heavy atom. The Morgan fingerprint density at radius 1 is 1.29 bits per heavy atom. The predicted octanol–water partition coefficient (Wildman–Crippen LogP) is 2.92. The van der Waals surface area contributed by atoms with Gasteiger partial charge in [-0.2, -0.15) is 0 Å². The lowest BCUT2D eigenvalue weighted by Gasteiger charge is -2.36. The number of benzene rings is 1. The molecule has 1 saturated heterocycles. The number of nitrogens with zero attached hydrogens (tertiary/aromatic N) is 3. The molecule has 1 amide bonds. The number of carbonyl (C=O) groups is 1. The van der Waals surface area contributed by atoms with E-state index in [2.05, 4.69) is 20.6 Å². The van der Waals surface area contributed by atoms with Gasteiger partial charge in [0.2, 0.25) is 11.8 Å². The zero-order valence-electron chi connectivity index (χ0n) is 19.4. The molecule has 3 aromatic rings. The van der Waals surface area contributed by atoms with Crippen molar-refractivity contribution in [1.29, 1.82) is 0 Å². The van der Waals surface area contributed by atoms with Crippen LogP contribution in [0.15, 0.2) is 47.4 Å². The highest BCUT2D eigenvalue weighted by Crippen LogP contribution is 2.30. The van der Waals surface area contributed by atoms with Crippen molar-refractivity contribution < 1.29 is 19.0 Å². The summed E-state index contributed by atoms with van der Waals surface area (Å²) in [6.07, 6.45) is -1.25. The second-order valence-electron chi connectivity index (χ2n) is 8.83. The molecule has 2 aliphatic rings. The standard InChI is InChI=1S/C25H28FN5O3S/c1-34-23-8-5-15-3-2-4-17(24(15)30-23)20(32)13-31-10-9-19(18(26)12-31)27-11-16-6-7-21-25(28-16)29-22(33)14-35-21/h2-8,18-20,27,32H,9-14H2,1H3,(H,28,29,33)/t18-,19+,20?/m0/s1. The Balaban J connectivity index is 1.17. The van der Waals surface area contributed by atoms with Gasteiger partial charge in [-0.15, -0.1) is 11.8 Å². The van der Waals surface area contributed by atoms with Crippen LogP contribution >= 0.6 is 11.8 Å². The molecule has 0 spiro atoms. The number of aliphatic hydroxyl groups is 1. The number of hydrogen-bond acceptors (Lipinski definition) is 8. The highest BCUT2D eigenvalue weighted by atomic mass is 32.2. The molecule has 1 fully saturated rings. The number of ether oxygens (including phenoxy) is 1. The summed E-state index contributed by atoms with van der Waals surface area (Å²) in [5.74, 6) is 1.40. The number of thioether (sulfide) groups is 1.